The summed E-state index contributed by atoms with van der Waals surface area (Å²) in [5, 5.41) is 12.0. The molecule has 31 heavy (non-hydrogen) atoms. The maximum Gasteiger partial charge on any atom is 0.286 e. The minimum Gasteiger partial charge on any atom is -0.507 e. The molecule has 164 valence electrons. The van der Waals surface area contributed by atoms with Gasteiger partial charge in [-0.2, -0.15) is 0 Å². The minimum absolute atomic E-state index is 0.230. The van der Waals surface area contributed by atoms with Gasteiger partial charge in [-0.25, -0.2) is 0 Å². The highest BCUT2D eigenvalue weighted by Gasteiger charge is 2.35. The number of rotatable bonds is 5. The van der Waals surface area contributed by atoms with Gasteiger partial charge in [0.2, 0.25) is 5.91 Å². The van der Waals surface area contributed by atoms with Crippen molar-refractivity contribution in [2.24, 2.45) is 0 Å². The number of ether oxygens (including phenoxy) is 2. The molecule has 7 heteroatoms. The van der Waals surface area contributed by atoms with E-state index in [2.05, 4.69) is 5.32 Å². The first-order valence-electron chi connectivity index (χ1n) is 10.4. The number of benzene rings is 2. The third-order valence-electron chi connectivity index (χ3n) is 6.25. The summed E-state index contributed by atoms with van der Waals surface area (Å²) < 4.78 is 12.4. The van der Waals surface area contributed by atoms with Crippen LogP contribution in [-0.4, -0.2) is 33.7 Å². The number of phenols is 1. The van der Waals surface area contributed by atoms with E-state index in [4.69, 9.17) is 9.47 Å². The molecule has 2 aromatic rings. The van der Waals surface area contributed by atoms with E-state index in [1.165, 1.54) is 0 Å². The second-order valence-electron chi connectivity index (χ2n) is 8.60. The van der Waals surface area contributed by atoms with E-state index >= 15 is 0 Å². The first kappa shape index (κ1) is 21.6. The van der Waals surface area contributed by atoms with Gasteiger partial charge in [0.25, 0.3) is 5.24 Å². The lowest BCUT2D eigenvalue weighted by Gasteiger charge is -2.37. The number of carbonyl (C=O) groups excluding carboxylic acids is 2. The molecule has 4 rings (SSSR count). The van der Waals surface area contributed by atoms with Gasteiger partial charge in [0.05, 0.1) is 5.25 Å². The molecular formula is C24H27NO5S. The summed E-state index contributed by atoms with van der Waals surface area (Å²) in [6.07, 6.45) is 2.13. The first-order valence-corrected chi connectivity index (χ1v) is 11.3. The van der Waals surface area contributed by atoms with E-state index in [0.717, 1.165) is 63.9 Å². The summed E-state index contributed by atoms with van der Waals surface area (Å²) in [4.78, 5) is 23.0. The zero-order valence-corrected chi connectivity index (χ0v) is 19.0. The number of aromatic hydroxyl groups is 1. The number of phenolic OH excluding ortho intramolecular Hbond substituents is 1. The highest BCUT2D eigenvalue weighted by Crippen LogP contribution is 2.43. The van der Waals surface area contributed by atoms with Gasteiger partial charge in [-0.3, -0.25) is 14.9 Å². The van der Waals surface area contributed by atoms with Crippen LogP contribution in [0.2, 0.25) is 0 Å². The number of amides is 2. The molecule has 0 radical (unpaired) electrons. The molecule has 2 atom stereocenters. The van der Waals surface area contributed by atoms with Gasteiger partial charge >= 0.3 is 0 Å². The van der Waals surface area contributed by atoms with Crippen molar-refractivity contribution in [3.8, 4) is 17.2 Å². The van der Waals surface area contributed by atoms with Crippen molar-refractivity contribution in [1.29, 1.82) is 0 Å². The Bertz CT molecular complexity index is 1050. The van der Waals surface area contributed by atoms with Crippen LogP contribution >= 0.6 is 11.8 Å². The van der Waals surface area contributed by atoms with Gasteiger partial charge in [-0.1, -0.05) is 23.9 Å². The molecule has 2 amide bonds. The topological polar surface area (TPSA) is 84.9 Å². The minimum atomic E-state index is -0.467. The molecule has 0 aromatic heterocycles. The van der Waals surface area contributed by atoms with Crippen LogP contribution in [0.15, 0.2) is 24.3 Å². The molecule has 0 bridgehead atoms. The van der Waals surface area contributed by atoms with Crippen LogP contribution in [0.1, 0.15) is 41.2 Å². The Balaban J connectivity index is 1.41. The van der Waals surface area contributed by atoms with Crippen LogP contribution < -0.4 is 14.8 Å². The normalized spacial score (nSPS) is 22.6. The fourth-order valence-corrected chi connectivity index (χ4v) is 4.96. The molecule has 2 N–H and O–H groups in total. The second-order valence-corrected chi connectivity index (χ2v) is 9.78. The number of imide groups is 1. The lowest BCUT2D eigenvalue weighted by molar-refractivity contribution is -0.118. The quantitative estimate of drug-likeness (QED) is 0.717. The van der Waals surface area contributed by atoms with E-state index < -0.39 is 5.60 Å². The standard InChI is InChI=1S/C24H27NO5S/c1-13-14(2)21-18(15(3)20(13)26)9-10-24(4,30-21)12-29-17-7-5-16(6-8-17)11-19-22(27)25-23(28)31-19/h5-8,19,26H,9-12H2,1-4H3,(H,25,27,28)/t19-,24-/m0/s1. The van der Waals surface area contributed by atoms with Crippen molar-refractivity contribution in [2.45, 2.75) is 57.8 Å². The van der Waals surface area contributed by atoms with Gasteiger partial charge in [-0.15, -0.1) is 0 Å². The average Bonchev–Trinajstić information content (AvgIpc) is 3.06. The Morgan fingerprint density at radius 3 is 2.52 bits per heavy atom. The fraction of sp³-hybridized carbons (Fsp3) is 0.417. The van der Waals surface area contributed by atoms with Crippen molar-refractivity contribution in [3.05, 3.63) is 52.1 Å². The van der Waals surface area contributed by atoms with Crippen molar-refractivity contribution >= 4 is 22.9 Å². The average molecular weight is 442 g/mol. The lowest BCUT2D eigenvalue weighted by Crippen LogP contribution is -2.42. The summed E-state index contributed by atoms with van der Waals surface area (Å²) >= 11 is 1.04. The smallest absolute Gasteiger partial charge is 0.286 e. The number of carbonyl (C=O) groups is 2. The molecule has 1 saturated heterocycles. The van der Waals surface area contributed by atoms with E-state index in [1.807, 2.05) is 52.0 Å². The van der Waals surface area contributed by atoms with Crippen molar-refractivity contribution < 1.29 is 24.2 Å². The number of nitrogens with one attached hydrogen (secondary N) is 1. The highest BCUT2D eigenvalue weighted by molar-refractivity contribution is 8.15. The Morgan fingerprint density at radius 2 is 1.87 bits per heavy atom. The molecule has 0 aliphatic carbocycles. The van der Waals surface area contributed by atoms with E-state index in [-0.39, 0.29) is 16.4 Å². The van der Waals surface area contributed by atoms with E-state index in [0.29, 0.717) is 18.8 Å². The van der Waals surface area contributed by atoms with Gasteiger partial charge < -0.3 is 14.6 Å². The maximum atomic E-state index is 11.7. The van der Waals surface area contributed by atoms with Gasteiger partial charge in [0.15, 0.2) is 0 Å². The van der Waals surface area contributed by atoms with Crippen LogP contribution in [0.25, 0.3) is 0 Å². The number of fused-ring (bicyclic) bond motifs is 1. The Hall–Kier alpha value is -2.67. The largest absolute Gasteiger partial charge is 0.507 e. The van der Waals surface area contributed by atoms with E-state index in [9.17, 15) is 14.7 Å². The molecular weight excluding hydrogens is 414 g/mol. The maximum absolute atomic E-state index is 11.7. The monoisotopic (exact) mass is 441 g/mol. The highest BCUT2D eigenvalue weighted by atomic mass is 32.2. The molecule has 0 saturated carbocycles. The van der Waals surface area contributed by atoms with Crippen molar-refractivity contribution in [2.75, 3.05) is 6.61 Å². The zero-order chi connectivity index (χ0) is 22.3. The molecule has 0 spiro atoms. The third kappa shape index (κ3) is 4.24. The Kier molecular flexibility index (Phi) is 5.64. The van der Waals surface area contributed by atoms with Crippen LogP contribution in [0, 0.1) is 20.8 Å². The van der Waals surface area contributed by atoms with Crippen molar-refractivity contribution in [1.82, 2.24) is 5.32 Å². The molecule has 0 unspecified atom stereocenters. The molecule has 2 heterocycles. The number of hydrogen-bond donors (Lipinski definition) is 2. The zero-order valence-electron chi connectivity index (χ0n) is 18.2. The summed E-state index contributed by atoms with van der Waals surface area (Å²) in [7, 11) is 0. The number of thioether (sulfide) groups is 1. The van der Waals surface area contributed by atoms with E-state index in [1.54, 1.807) is 0 Å². The van der Waals surface area contributed by atoms with Gasteiger partial charge in [-0.05, 0) is 81.3 Å². The first-order chi connectivity index (χ1) is 14.7. The van der Waals surface area contributed by atoms with Crippen LogP contribution in [0.4, 0.5) is 4.79 Å². The number of hydrogen-bond acceptors (Lipinski definition) is 6. The Morgan fingerprint density at radius 1 is 1.16 bits per heavy atom. The molecule has 1 fully saturated rings. The molecule has 2 aliphatic heterocycles. The second kappa shape index (κ2) is 8.11. The van der Waals surface area contributed by atoms with Crippen LogP contribution in [0.3, 0.4) is 0 Å². The lowest BCUT2D eigenvalue weighted by atomic mass is 9.87. The predicted molar refractivity (Wildman–Crippen MR) is 120 cm³/mol. The fourth-order valence-electron chi connectivity index (χ4n) is 4.10. The predicted octanol–water partition coefficient (Wildman–Crippen LogP) is 4.37. The summed E-state index contributed by atoms with van der Waals surface area (Å²) in [6.45, 7) is 8.28. The molecule has 2 aromatic carbocycles. The van der Waals surface area contributed by atoms with Crippen molar-refractivity contribution in [3.63, 3.8) is 0 Å². The SMILES string of the molecule is Cc1c(C)c2c(c(C)c1O)CC[C@@](C)(COc1ccc(C[C@@H]3SC(=O)NC3=O)cc1)O2. The summed E-state index contributed by atoms with van der Waals surface area (Å²) in [5.74, 6) is 1.72. The van der Waals surface area contributed by atoms with Gasteiger partial charge in [0, 0.05) is 5.56 Å². The van der Waals surface area contributed by atoms with Crippen LogP contribution in [0.5, 0.6) is 17.2 Å². The summed E-state index contributed by atoms with van der Waals surface area (Å²) in [5.41, 5.74) is 4.31. The Labute approximate surface area is 186 Å². The third-order valence-corrected chi connectivity index (χ3v) is 7.23. The van der Waals surface area contributed by atoms with Gasteiger partial charge in [0.1, 0.15) is 29.5 Å². The molecule has 2 aliphatic rings. The summed E-state index contributed by atoms with van der Waals surface area (Å²) in [6, 6.07) is 7.61. The molecule has 6 nitrogen and oxygen atoms in total. The van der Waals surface area contributed by atoms with Crippen LogP contribution in [-0.2, 0) is 17.6 Å².